The van der Waals surface area contributed by atoms with Gasteiger partial charge in [-0.25, -0.2) is 4.79 Å². The molecule has 2 saturated carbocycles. The van der Waals surface area contributed by atoms with Gasteiger partial charge in [-0.05, 0) is 56.2 Å². The minimum absolute atomic E-state index is 0.131. The van der Waals surface area contributed by atoms with Crippen molar-refractivity contribution in [2.75, 3.05) is 7.11 Å². The number of epoxide rings is 1. The average Bonchev–Trinajstić information content (AvgIpc) is 3.41. The molecule has 0 N–H and O–H groups in total. The van der Waals surface area contributed by atoms with E-state index >= 15 is 0 Å². The van der Waals surface area contributed by atoms with Crippen LogP contribution in [0.4, 0.5) is 0 Å². The second-order valence-corrected chi connectivity index (χ2v) is 6.30. The number of methoxy groups -OCH3 is 1. The van der Waals surface area contributed by atoms with Crippen LogP contribution in [0.3, 0.4) is 0 Å². The molecule has 4 rings (SSSR count). The van der Waals surface area contributed by atoms with Crippen molar-refractivity contribution in [3.63, 3.8) is 0 Å². The number of carbonyl (C=O) groups is 1. The second kappa shape index (κ2) is 4.47. The fraction of sp³-hybridized carbons (Fsp3) is 0.588. The molecule has 21 heavy (non-hydrogen) atoms. The van der Waals surface area contributed by atoms with Crippen LogP contribution >= 0.6 is 0 Å². The number of hydrogen-bond acceptors (Lipinski definition) is 4. The number of carbonyl (C=O) groups excluding carboxylic acids is 1. The van der Waals surface area contributed by atoms with Crippen molar-refractivity contribution in [1.82, 2.24) is 0 Å². The van der Waals surface area contributed by atoms with Gasteiger partial charge in [0.1, 0.15) is 17.5 Å². The highest BCUT2D eigenvalue weighted by molar-refractivity contribution is 5.86. The lowest BCUT2D eigenvalue weighted by Gasteiger charge is -2.24. The van der Waals surface area contributed by atoms with E-state index in [2.05, 4.69) is 0 Å². The van der Waals surface area contributed by atoms with E-state index in [4.69, 9.17) is 14.2 Å². The molecule has 0 radical (unpaired) electrons. The van der Waals surface area contributed by atoms with Gasteiger partial charge in [0.05, 0.1) is 7.11 Å². The lowest BCUT2D eigenvalue weighted by atomic mass is 9.75. The molecule has 1 saturated heterocycles. The van der Waals surface area contributed by atoms with Gasteiger partial charge in [0, 0.05) is 0 Å². The van der Waals surface area contributed by atoms with Crippen LogP contribution in [0.1, 0.15) is 44.1 Å². The van der Waals surface area contributed by atoms with Crippen molar-refractivity contribution in [1.29, 1.82) is 0 Å². The summed E-state index contributed by atoms with van der Waals surface area (Å²) in [5, 5.41) is 0. The normalized spacial score (nSPS) is 34.0. The zero-order valence-electron chi connectivity index (χ0n) is 12.3. The molecule has 1 heterocycles. The quantitative estimate of drug-likeness (QED) is 0.631. The molecular weight excluding hydrogens is 268 g/mol. The van der Waals surface area contributed by atoms with E-state index in [1.807, 2.05) is 24.3 Å². The highest BCUT2D eigenvalue weighted by atomic mass is 16.7. The van der Waals surface area contributed by atoms with E-state index in [-0.39, 0.29) is 12.1 Å². The van der Waals surface area contributed by atoms with Crippen LogP contribution < -0.4 is 4.74 Å². The predicted molar refractivity (Wildman–Crippen MR) is 76.1 cm³/mol. The molecule has 2 atom stereocenters. The number of ether oxygens (including phenoxy) is 3. The standard InChI is InChI=1S/C17H20O4/c1-19-13-6-4-12(5-7-13)16-10-2-3-11-17(16,21-16)15(18)20-14-8-9-14/h4-7,14H,2-3,8-11H2,1H3. The van der Waals surface area contributed by atoms with Gasteiger partial charge in [-0.3, -0.25) is 0 Å². The summed E-state index contributed by atoms with van der Waals surface area (Å²) in [6.07, 6.45) is 5.90. The van der Waals surface area contributed by atoms with Crippen LogP contribution in [0.15, 0.2) is 24.3 Å². The molecule has 2 unspecified atom stereocenters. The molecule has 3 aliphatic rings. The maximum atomic E-state index is 12.5. The molecule has 0 amide bonds. The Kier molecular flexibility index (Phi) is 2.80. The molecular formula is C17H20O4. The highest BCUT2D eigenvalue weighted by Crippen LogP contribution is 2.64. The number of hydrogen-bond donors (Lipinski definition) is 0. The SMILES string of the molecule is COc1ccc(C23CCCCC2(C(=O)OC2CC2)O3)cc1. The topological polar surface area (TPSA) is 48.1 Å². The summed E-state index contributed by atoms with van der Waals surface area (Å²) in [6, 6.07) is 7.88. The molecule has 2 aliphatic carbocycles. The van der Waals surface area contributed by atoms with Gasteiger partial charge in [0.2, 0.25) is 0 Å². The summed E-state index contributed by atoms with van der Waals surface area (Å²) in [5.41, 5.74) is -0.137. The Hall–Kier alpha value is -1.55. The third kappa shape index (κ3) is 1.89. The number of esters is 1. The van der Waals surface area contributed by atoms with Gasteiger partial charge >= 0.3 is 5.97 Å². The molecule has 0 spiro atoms. The zero-order chi connectivity index (χ0) is 14.5. The van der Waals surface area contributed by atoms with Gasteiger partial charge in [-0.15, -0.1) is 0 Å². The minimum atomic E-state index is -0.734. The first-order valence-corrected chi connectivity index (χ1v) is 7.76. The average molecular weight is 288 g/mol. The van der Waals surface area contributed by atoms with E-state index in [1.54, 1.807) is 7.11 Å². The summed E-state index contributed by atoms with van der Waals surface area (Å²) >= 11 is 0. The fourth-order valence-electron chi connectivity index (χ4n) is 3.56. The highest BCUT2D eigenvalue weighted by Gasteiger charge is 2.76. The Balaban J connectivity index is 1.63. The number of fused-ring (bicyclic) bond motifs is 1. The maximum absolute atomic E-state index is 12.5. The van der Waals surface area contributed by atoms with Crippen molar-refractivity contribution < 1.29 is 19.0 Å². The summed E-state index contributed by atoms with van der Waals surface area (Å²) in [5.74, 6) is 0.665. The molecule has 4 nitrogen and oxygen atoms in total. The number of rotatable bonds is 4. The lowest BCUT2D eigenvalue weighted by Crippen LogP contribution is -2.37. The van der Waals surface area contributed by atoms with E-state index in [9.17, 15) is 4.79 Å². The zero-order valence-corrected chi connectivity index (χ0v) is 12.3. The smallest absolute Gasteiger partial charge is 0.342 e. The van der Waals surface area contributed by atoms with E-state index in [0.29, 0.717) is 0 Å². The molecule has 4 heteroatoms. The van der Waals surface area contributed by atoms with Crippen LogP contribution in [0.5, 0.6) is 5.75 Å². The van der Waals surface area contributed by atoms with E-state index < -0.39 is 11.2 Å². The fourth-order valence-corrected chi connectivity index (χ4v) is 3.56. The van der Waals surface area contributed by atoms with Gasteiger partial charge in [-0.1, -0.05) is 12.1 Å². The summed E-state index contributed by atoms with van der Waals surface area (Å²) in [7, 11) is 1.65. The Labute approximate surface area is 124 Å². The van der Waals surface area contributed by atoms with Gasteiger partial charge < -0.3 is 14.2 Å². The van der Waals surface area contributed by atoms with E-state index in [1.165, 1.54) is 0 Å². The van der Waals surface area contributed by atoms with Gasteiger partial charge in [0.15, 0.2) is 5.60 Å². The van der Waals surface area contributed by atoms with Gasteiger partial charge in [0.25, 0.3) is 0 Å². The van der Waals surface area contributed by atoms with Gasteiger partial charge in [-0.2, -0.15) is 0 Å². The first-order chi connectivity index (χ1) is 10.2. The molecule has 1 aromatic rings. The first-order valence-electron chi connectivity index (χ1n) is 7.76. The van der Waals surface area contributed by atoms with Crippen molar-refractivity contribution in [2.24, 2.45) is 0 Å². The third-order valence-corrected chi connectivity index (χ3v) is 4.95. The monoisotopic (exact) mass is 288 g/mol. The van der Waals surface area contributed by atoms with Crippen molar-refractivity contribution in [2.45, 2.75) is 55.8 Å². The minimum Gasteiger partial charge on any atom is -0.497 e. The molecule has 1 aromatic carbocycles. The maximum Gasteiger partial charge on any atom is 0.342 e. The lowest BCUT2D eigenvalue weighted by molar-refractivity contribution is -0.152. The Morgan fingerprint density at radius 1 is 1.19 bits per heavy atom. The Bertz CT molecular complexity index is 563. The van der Waals surface area contributed by atoms with Crippen LogP contribution in [-0.4, -0.2) is 24.8 Å². The van der Waals surface area contributed by atoms with Crippen molar-refractivity contribution in [3.8, 4) is 5.75 Å². The Morgan fingerprint density at radius 2 is 1.90 bits per heavy atom. The third-order valence-electron chi connectivity index (χ3n) is 4.95. The van der Waals surface area contributed by atoms with E-state index in [0.717, 1.165) is 49.8 Å². The van der Waals surface area contributed by atoms with Crippen LogP contribution in [0.25, 0.3) is 0 Å². The summed E-state index contributed by atoms with van der Waals surface area (Å²) in [4.78, 5) is 12.5. The molecule has 3 fully saturated rings. The second-order valence-electron chi connectivity index (χ2n) is 6.30. The van der Waals surface area contributed by atoms with Crippen LogP contribution in [0, 0.1) is 0 Å². The van der Waals surface area contributed by atoms with Crippen molar-refractivity contribution >= 4 is 5.97 Å². The molecule has 112 valence electrons. The predicted octanol–water partition coefficient (Wildman–Crippen LogP) is 2.94. The first kappa shape index (κ1) is 13.1. The summed E-state index contributed by atoms with van der Waals surface area (Å²) in [6.45, 7) is 0. The molecule has 0 aromatic heterocycles. The Morgan fingerprint density at radius 3 is 2.57 bits per heavy atom. The van der Waals surface area contributed by atoms with Crippen molar-refractivity contribution in [3.05, 3.63) is 29.8 Å². The van der Waals surface area contributed by atoms with Crippen LogP contribution in [-0.2, 0) is 19.9 Å². The number of benzene rings is 1. The van der Waals surface area contributed by atoms with Crippen LogP contribution in [0.2, 0.25) is 0 Å². The largest absolute Gasteiger partial charge is 0.497 e. The summed E-state index contributed by atoms with van der Waals surface area (Å²) < 4.78 is 16.8. The molecule has 0 bridgehead atoms. The molecule has 1 aliphatic heterocycles.